The van der Waals surface area contributed by atoms with E-state index >= 15 is 0 Å². The lowest BCUT2D eigenvalue weighted by molar-refractivity contribution is -0.116. The van der Waals surface area contributed by atoms with Crippen molar-refractivity contribution in [2.45, 2.75) is 25.9 Å². The number of hydrogen-bond donors (Lipinski definition) is 1. The Morgan fingerprint density at radius 2 is 2.07 bits per heavy atom. The number of hydrazone groups is 1. The minimum Gasteiger partial charge on any atom is -0.454 e. The molecule has 9 heteroatoms. The van der Waals surface area contributed by atoms with E-state index in [1.54, 1.807) is 16.8 Å². The number of carbonyl (C=O) groups excluding carboxylic acids is 1. The number of ether oxygens (including phenoxy) is 2. The summed E-state index contributed by atoms with van der Waals surface area (Å²) in [5.74, 6) is 2.06. The minimum atomic E-state index is -0.508. The molecule has 2 aromatic rings. The molecule has 0 aromatic heterocycles. The van der Waals surface area contributed by atoms with E-state index in [2.05, 4.69) is 28.2 Å². The minimum absolute atomic E-state index is 0.173. The number of unbranched alkanes of at least 4 members (excludes halogenated alkanes) is 1. The predicted octanol–water partition coefficient (Wildman–Crippen LogP) is 2.85. The Hall–Kier alpha value is -2.52. The van der Waals surface area contributed by atoms with Gasteiger partial charge in [-0.3, -0.25) is 15.1 Å². The largest absolute Gasteiger partial charge is 0.454 e. The molecule has 0 radical (unpaired) electrons. The van der Waals surface area contributed by atoms with E-state index in [0.29, 0.717) is 22.4 Å². The van der Waals surface area contributed by atoms with Gasteiger partial charge in [-0.05, 0) is 24.6 Å². The third-order valence-electron chi connectivity index (χ3n) is 5.02. The molecular weight excluding hydrogens is 468 g/mol. The molecule has 7 nitrogen and oxygen atoms in total. The Labute approximate surface area is 186 Å². The second-order valence-corrected chi connectivity index (χ2v) is 8.94. The van der Waals surface area contributed by atoms with Crippen LogP contribution in [-0.2, 0) is 4.79 Å². The van der Waals surface area contributed by atoms with Gasteiger partial charge in [-0.2, -0.15) is 0 Å². The Kier molecular flexibility index (Phi) is 5.16. The predicted molar refractivity (Wildman–Crippen MR) is 118 cm³/mol. The summed E-state index contributed by atoms with van der Waals surface area (Å²) in [6, 6.07) is 11.4. The average molecular weight is 487 g/mol. The van der Waals surface area contributed by atoms with Crippen molar-refractivity contribution in [3.05, 3.63) is 57.0 Å². The summed E-state index contributed by atoms with van der Waals surface area (Å²) < 4.78 is 11.9. The van der Waals surface area contributed by atoms with E-state index in [0.717, 1.165) is 39.2 Å². The lowest BCUT2D eigenvalue weighted by Crippen LogP contribution is -2.50. The van der Waals surface area contributed by atoms with Gasteiger partial charge in [-0.25, -0.2) is 5.01 Å². The van der Waals surface area contributed by atoms with Gasteiger partial charge in [0, 0.05) is 21.0 Å². The maximum Gasteiger partial charge on any atom is 0.276 e. The van der Waals surface area contributed by atoms with Crippen LogP contribution in [0.3, 0.4) is 0 Å². The molecule has 0 bridgehead atoms. The second kappa shape index (κ2) is 7.96. The Bertz CT molecular complexity index is 1180. The number of nitrogens with zero attached hydrogens (tertiary/aromatic N) is 3. The molecule has 0 saturated carbocycles. The van der Waals surface area contributed by atoms with Crippen molar-refractivity contribution in [3.63, 3.8) is 0 Å². The van der Waals surface area contributed by atoms with Gasteiger partial charge in [-0.15, -0.1) is 5.10 Å². The van der Waals surface area contributed by atoms with Crippen LogP contribution in [0.5, 0.6) is 11.5 Å². The van der Waals surface area contributed by atoms with Gasteiger partial charge in [0.05, 0.1) is 5.36 Å². The van der Waals surface area contributed by atoms with Crippen molar-refractivity contribution in [2.24, 2.45) is 10.1 Å². The number of nitrogens with one attached hydrogen (secondary N) is 1. The van der Waals surface area contributed by atoms with Crippen LogP contribution in [0.4, 0.5) is 0 Å². The fourth-order valence-corrected chi connectivity index (χ4v) is 5.00. The average Bonchev–Trinajstić information content (AvgIpc) is 3.20. The zero-order valence-electron chi connectivity index (χ0n) is 16.2. The van der Waals surface area contributed by atoms with Gasteiger partial charge >= 0.3 is 0 Å². The first-order valence-electron chi connectivity index (χ1n) is 9.74. The molecular formula is C21H19BrN4O3S. The summed E-state index contributed by atoms with van der Waals surface area (Å²) in [6.07, 6.45) is 1.64. The fourth-order valence-electron chi connectivity index (χ4n) is 3.54. The highest BCUT2D eigenvalue weighted by molar-refractivity contribution is 9.10. The van der Waals surface area contributed by atoms with E-state index in [-0.39, 0.29) is 12.7 Å². The molecule has 0 unspecified atom stereocenters. The van der Waals surface area contributed by atoms with Crippen LogP contribution in [0.25, 0.3) is 5.70 Å². The SMILES string of the molecule is CCCCSC1=NN2C(=c3ccccc3=N[C@@H]2c2cc3c(cc2Br)OCO3)C(=O)N1. The fraction of sp³-hybridized carbons (Fsp3) is 0.286. The van der Waals surface area contributed by atoms with Crippen molar-refractivity contribution in [1.29, 1.82) is 0 Å². The normalized spacial score (nSPS) is 18.9. The van der Waals surface area contributed by atoms with E-state index in [4.69, 9.17) is 19.6 Å². The molecule has 1 amide bonds. The number of amidine groups is 1. The van der Waals surface area contributed by atoms with Gasteiger partial charge in [0.15, 0.2) is 22.8 Å². The molecule has 2 aromatic carbocycles. The van der Waals surface area contributed by atoms with Gasteiger partial charge in [0.25, 0.3) is 5.91 Å². The summed E-state index contributed by atoms with van der Waals surface area (Å²) in [6.45, 7) is 2.33. The standard InChI is InChI=1S/C21H19BrN4O3S/c1-2-3-8-30-21-24-20(27)18-12-6-4-5-7-15(12)23-19(26(18)25-21)13-9-16-17(10-14(13)22)29-11-28-16/h4-7,9-10,19H,2-3,8,11H2,1H3,(H,24,25,27)/t19-/m0/s1. The molecule has 0 fully saturated rings. The van der Waals surface area contributed by atoms with Crippen LogP contribution < -0.4 is 25.4 Å². The van der Waals surface area contributed by atoms with Crippen molar-refractivity contribution < 1.29 is 14.3 Å². The molecule has 1 N–H and O–H groups in total. The van der Waals surface area contributed by atoms with E-state index in [1.165, 1.54) is 0 Å². The number of hydrogen-bond acceptors (Lipinski definition) is 7. The number of amides is 1. The van der Waals surface area contributed by atoms with Gasteiger partial charge in [0.2, 0.25) is 6.79 Å². The summed E-state index contributed by atoms with van der Waals surface area (Å²) in [5, 5.41) is 11.6. The number of para-hydroxylation sites is 1. The molecule has 0 aliphatic carbocycles. The second-order valence-electron chi connectivity index (χ2n) is 7.00. The molecule has 30 heavy (non-hydrogen) atoms. The maximum absolute atomic E-state index is 13.1. The lowest BCUT2D eigenvalue weighted by Gasteiger charge is -2.34. The molecule has 154 valence electrons. The van der Waals surface area contributed by atoms with Crippen LogP contribution in [0.1, 0.15) is 31.5 Å². The van der Waals surface area contributed by atoms with Crippen molar-refractivity contribution in [1.82, 2.24) is 10.3 Å². The first kappa shape index (κ1) is 19.4. The van der Waals surface area contributed by atoms with Gasteiger partial charge in [0.1, 0.15) is 5.70 Å². The third kappa shape index (κ3) is 3.35. The number of fused-ring (bicyclic) bond motifs is 3. The van der Waals surface area contributed by atoms with E-state index in [9.17, 15) is 4.79 Å². The number of carbonyl (C=O) groups is 1. The van der Waals surface area contributed by atoms with Crippen molar-refractivity contribution >= 4 is 44.5 Å². The Balaban J connectivity index is 1.65. The van der Waals surface area contributed by atoms with Crippen molar-refractivity contribution in [3.8, 4) is 11.5 Å². The van der Waals surface area contributed by atoms with Crippen LogP contribution in [0.2, 0.25) is 0 Å². The van der Waals surface area contributed by atoms with E-state index < -0.39 is 6.17 Å². The number of halogens is 1. The van der Waals surface area contributed by atoms with Crippen molar-refractivity contribution in [2.75, 3.05) is 12.5 Å². The smallest absolute Gasteiger partial charge is 0.276 e. The molecule has 0 spiro atoms. The molecule has 3 aliphatic rings. The highest BCUT2D eigenvalue weighted by Gasteiger charge is 2.36. The Morgan fingerprint density at radius 3 is 2.90 bits per heavy atom. The monoisotopic (exact) mass is 486 g/mol. The topological polar surface area (TPSA) is 75.5 Å². The maximum atomic E-state index is 13.1. The summed E-state index contributed by atoms with van der Waals surface area (Å²) in [7, 11) is 0. The zero-order valence-corrected chi connectivity index (χ0v) is 18.6. The number of benzene rings is 2. The summed E-state index contributed by atoms with van der Waals surface area (Å²) in [5.41, 5.74) is 1.35. The first-order valence-corrected chi connectivity index (χ1v) is 11.5. The highest BCUT2D eigenvalue weighted by Crippen LogP contribution is 2.42. The molecule has 3 aliphatic heterocycles. The van der Waals surface area contributed by atoms with Crippen LogP contribution in [0.15, 0.2) is 51.0 Å². The number of thioether (sulfide) groups is 1. The quantitative estimate of drug-likeness (QED) is 0.672. The zero-order chi connectivity index (χ0) is 20.7. The van der Waals surface area contributed by atoms with E-state index in [1.807, 2.05) is 36.4 Å². The van der Waals surface area contributed by atoms with Gasteiger partial charge < -0.3 is 9.47 Å². The number of rotatable bonds is 4. The highest BCUT2D eigenvalue weighted by atomic mass is 79.9. The summed E-state index contributed by atoms with van der Waals surface area (Å²) >= 11 is 5.19. The molecule has 1 atom stereocenters. The van der Waals surface area contributed by atoms with Gasteiger partial charge in [-0.1, -0.05) is 59.2 Å². The Morgan fingerprint density at radius 1 is 1.27 bits per heavy atom. The molecule has 5 rings (SSSR count). The summed E-state index contributed by atoms with van der Waals surface area (Å²) in [4.78, 5) is 18.0. The third-order valence-corrected chi connectivity index (χ3v) is 6.66. The van der Waals surface area contributed by atoms with Crippen LogP contribution in [0, 0.1) is 0 Å². The molecule has 3 heterocycles. The van der Waals surface area contributed by atoms with Crippen LogP contribution >= 0.6 is 27.7 Å². The lowest BCUT2D eigenvalue weighted by atomic mass is 10.1. The van der Waals surface area contributed by atoms with Crippen LogP contribution in [-0.4, -0.2) is 28.6 Å². The first-order chi connectivity index (χ1) is 14.7. The molecule has 0 saturated heterocycles.